The van der Waals surface area contributed by atoms with Crippen molar-refractivity contribution in [1.29, 1.82) is 0 Å². The lowest BCUT2D eigenvalue weighted by molar-refractivity contribution is 0.00578. The number of nitrogens with one attached hydrogen (secondary N) is 1. The third kappa shape index (κ3) is 2.47. The number of hydrogen-bond donors (Lipinski definition) is 2. The zero-order valence-corrected chi connectivity index (χ0v) is 13.4. The van der Waals surface area contributed by atoms with Gasteiger partial charge in [-0.25, -0.2) is 4.98 Å². The molecule has 0 aromatic carbocycles. The van der Waals surface area contributed by atoms with E-state index in [1.54, 1.807) is 6.20 Å². The van der Waals surface area contributed by atoms with E-state index in [2.05, 4.69) is 9.97 Å². The zero-order chi connectivity index (χ0) is 16.0. The quantitative estimate of drug-likeness (QED) is 0.855. The molecule has 0 atom stereocenters. The normalized spacial score (nSPS) is 20.8. The van der Waals surface area contributed by atoms with Crippen LogP contribution >= 0.6 is 0 Å². The molecule has 1 fully saturated rings. The van der Waals surface area contributed by atoms with Gasteiger partial charge in [0.05, 0.1) is 17.8 Å². The van der Waals surface area contributed by atoms with E-state index in [-0.39, 0.29) is 6.61 Å². The van der Waals surface area contributed by atoms with Gasteiger partial charge in [-0.15, -0.1) is 0 Å². The standard InChI is InChI=1S/C16H21BN2O3/c1-15(2)16(3,4)22-17(21-15)12(10-20)9-11-5-7-18-14-13(11)6-8-19-14/h5-9,20H,10H2,1-4H3,(H,18,19). The van der Waals surface area contributed by atoms with E-state index in [0.717, 1.165) is 16.6 Å². The van der Waals surface area contributed by atoms with Crippen LogP contribution in [-0.4, -0.2) is 40.0 Å². The predicted molar refractivity (Wildman–Crippen MR) is 87.2 cm³/mol. The van der Waals surface area contributed by atoms with Gasteiger partial charge in [-0.1, -0.05) is 6.08 Å². The van der Waals surface area contributed by atoms with E-state index in [4.69, 9.17) is 9.31 Å². The van der Waals surface area contributed by atoms with Gasteiger partial charge in [-0.3, -0.25) is 0 Å². The Labute approximate surface area is 130 Å². The van der Waals surface area contributed by atoms with Crippen LogP contribution in [-0.2, 0) is 9.31 Å². The number of H-pyrrole nitrogens is 1. The molecule has 1 saturated heterocycles. The van der Waals surface area contributed by atoms with E-state index in [9.17, 15) is 5.11 Å². The fourth-order valence-electron chi connectivity index (χ4n) is 2.49. The minimum Gasteiger partial charge on any atom is -0.400 e. The summed E-state index contributed by atoms with van der Waals surface area (Å²) in [5.74, 6) is 0. The average molecular weight is 300 g/mol. The highest BCUT2D eigenvalue weighted by Crippen LogP contribution is 2.38. The minimum atomic E-state index is -0.544. The van der Waals surface area contributed by atoms with Gasteiger partial charge in [-0.05, 0) is 50.9 Å². The zero-order valence-electron chi connectivity index (χ0n) is 13.4. The van der Waals surface area contributed by atoms with E-state index >= 15 is 0 Å². The van der Waals surface area contributed by atoms with Crippen LogP contribution in [0.15, 0.2) is 30.0 Å². The summed E-state index contributed by atoms with van der Waals surface area (Å²) >= 11 is 0. The van der Waals surface area contributed by atoms with E-state index in [1.165, 1.54) is 0 Å². The number of aliphatic hydroxyl groups is 1. The second-order valence-electron chi connectivity index (χ2n) is 6.61. The summed E-state index contributed by atoms with van der Waals surface area (Å²) in [5, 5.41) is 10.8. The Hall–Kier alpha value is -1.63. The molecule has 2 aromatic heterocycles. The Bertz CT molecular complexity index is 705. The molecule has 0 bridgehead atoms. The third-order valence-corrected chi connectivity index (χ3v) is 4.57. The van der Waals surface area contributed by atoms with Crippen molar-refractivity contribution in [3.05, 3.63) is 35.6 Å². The lowest BCUT2D eigenvalue weighted by Gasteiger charge is -2.32. The summed E-state index contributed by atoms with van der Waals surface area (Å²) in [5.41, 5.74) is 1.65. The molecule has 3 heterocycles. The molecule has 6 heteroatoms. The van der Waals surface area contributed by atoms with Gasteiger partial charge in [0.1, 0.15) is 5.65 Å². The van der Waals surface area contributed by atoms with E-state index < -0.39 is 18.3 Å². The Morgan fingerprint density at radius 3 is 2.59 bits per heavy atom. The monoisotopic (exact) mass is 300 g/mol. The molecular weight excluding hydrogens is 279 g/mol. The molecule has 2 N–H and O–H groups in total. The van der Waals surface area contributed by atoms with Crippen molar-refractivity contribution in [2.45, 2.75) is 38.9 Å². The molecule has 22 heavy (non-hydrogen) atoms. The number of aromatic nitrogens is 2. The number of rotatable bonds is 3. The van der Waals surface area contributed by atoms with Crippen molar-refractivity contribution >= 4 is 24.2 Å². The van der Waals surface area contributed by atoms with Crippen molar-refractivity contribution in [2.75, 3.05) is 6.61 Å². The summed E-state index contributed by atoms with van der Waals surface area (Å²) < 4.78 is 12.0. The number of hydrogen-bond acceptors (Lipinski definition) is 4. The fourth-order valence-corrected chi connectivity index (χ4v) is 2.49. The molecule has 0 amide bonds. The van der Waals surface area contributed by atoms with Crippen LogP contribution in [0.4, 0.5) is 0 Å². The molecule has 2 aromatic rings. The van der Waals surface area contributed by atoms with Crippen molar-refractivity contribution in [2.24, 2.45) is 0 Å². The van der Waals surface area contributed by atoms with Crippen molar-refractivity contribution in [3.63, 3.8) is 0 Å². The smallest absolute Gasteiger partial charge is 0.400 e. The molecule has 0 spiro atoms. The maximum absolute atomic E-state index is 9.76. The summed E-state index contributed by atoms with van der Waals surface area (Å²) in [6.45, 7) is 7.88. The van der Waals surface area contributed by atoms with Gasteiger partial charge in [0.15, 0.2) is 0 Å². The molecule has 0 unspecified atom stereocenters. The number of aromatic amines is 1. The molecule has 5 nitrogen and oxygen atoms in total. The van der Waals surface area contributed by atoms with Gasteiger partial charge >= 0.3 is 7.12 Å². The first-order valence-electron chi connectivity index (χ1n) is 7.43. The van der Waals surface area contributed by atoms with Crippen molar-refractivity contribution in [3.8, 4) is 0 Å². The van der Waals surface area contributed by atoms with E-state index in [0.29, 0.717) is 5.47 Å². The maximum Gasteiger partial charge on any atom is 0.492 e. The van der Waals surface area contributed by atoms with E-state index in [1.807, 2.05) is 52.1 Å². The molecule has 0 saturated carbocycles. The first-order valence-corrected chi connectivity index (χ1v) is 7.43. The van der Waals surface area contributed by atoms with Crippen LogP contribution in [0.1, 0.15) is 33.3 Å². The lowest BCUT2D eigenvalue weighted by atomic mass is 9.77. The van der Waals surface area contributed by atoms with Crippen molar-refractivity contribution < 1.29 is 14.4 Å². The van der Waals surface area contributed by atoms with Crippen molar-refractivity contribution in [1.82, 2.24) is 9.97 Å². The average Bonchev–Trinajstić information content (AvgIpc) is 2.99. The maximum atomic E-state index is 9.76. The van der Waals surface area contributed by atoms with Gasteiger partial charge < -0.3 is 19.4 Å². The summed E-state index contributed by atoms with van der Waals surface area (Å²) in [6, 6.07) is 3.88. The molecule has 0 aliphatic carbocycles. The third-order valence-electron chi connectivity index (χ3n) is 4.57. The van der Waals surface area contributed by atoms with Crippen LogP contribution in [0, 0.1) is 0 Å². The molecule has 1 aliphatic rings. The molecular formula is C16H21BN2O3. The second kappa shape index (κ2) is 5.23. The van der Waals surface area contributed by atoms with Crippen LogP contribution in [0.3, 0.4) is 0 Å². The highest BCUT2D eigenvalue weighted by atomic mass is 16.7. The fraction of sp³-hybridized carbons (Fsp3) is 0.438. The highest BCUT2D eigenvalue weighted by molar-refractivity contribution is 6.55. The Morgan fingerprint density at radius 2 is 1.95 bits per heavy atom. The first kappa shape index (κ1) is 15.3. The van der Waals surface area contributed by atoms with Crippen LogP contribution in [0.2, 0.25) is 0 Å². The van der Waals surface area contributed by atoms with Gasteiger partial charge in [0.2, 0.25) is 0 Å². The molecule has 3 rings (SSSR count). The Morgan fingerprint density at radius 1 is 1.27 bits per heavy atom. The van der Waals surface area contributed by atoms with Gasteiger partial charge in [0.25, 0.3) is 0 Å². The second-order valence-corrected chi connectivity index (χ2v) is 6.61. The number of pyridine rings is 1. The van der Waals surface area contributed by atoms with Crippen LogP contribution in [0.5, 0.6) is 0 Å². The predicted octanol–water partition coefficient (Wildman–Crippen LogP) is 2.57. The van der Waals surface area contributed by atoms with Crippen LogP contribution < -0.4 is 0 Å². The number of fused-ring (bicyclic) bond motifs is 1. The number of aliphatic hydroxyl groups excluding tert-OH is 1. The molecule has 0 radical (unpaired) electrons. The lowest BCUT2D eigenvalue weighted by Crippen LogP contribution is -2.41. The summed E-state index contributed by atoms with van der Waals surface area (Å²) in [4.78, 5) is 7.35. The van der Waals surface area contributed by atoms with Gasteiger partial charge in [-0.2, -0.15) is 0 Å². The Balaban J connectivity index is 1.97. The van der Waals surface area contributed by atoms with Gasteiger partial charge in [0, 0.05) is 17.8 Å². The van der Waals surface area contributed by atoms with Crippen LogP contribution in [0.25, 0.3) is 17.1 Å². The number of nitrogens with zero attached hydrogens (tertiary/aromatic N) is 1. The summed E-state index contributed by atoms with van der Waals surface area (Å²) in [6.07, 6.45) is 5.51. The summed E-state index contributed by atoms with van der Waals surface area (Å²) in [7, 11) is -0.544. The minimum absolute atomic E-state index is 0.120. The SMILES string of the molecule is CC1(C)OB(C(=Cc2ccnc3[nH]ccc23)CO)OC1(C)C. The molecule has 116 valence electrons. The first-order chi connectivity index (χ1) is 10.3. The Kier molecular flexibility index (Phi) is 3.63. The molecule has 1 aliphatic heterocycles. The topological polar surface area (TPSA) is 67.4 Å². The highest BCUT2D eigenvalue weighted by Gasteiger charge is 2.52. The largest absolute Gasteiger partial charge is 0.492 e.